The number of hydrogen-bond donors (Lipinski definition) is 1. The molecule has 0 amide bonds. The maximum atomic E-state index is 10.0. The van der Waals surface area contributed by atoms with E-state index in [9.17, 15) is 5.11 Å². The van der Waals surface area contributed by atoms with Crippen LogP contribution in [0, 0.1) is 0 Å². The summed E-state index contributed by atoms with van der Waals surface area (Å²) in [5.41, 5.74) is 3.17. The molecule has 0 aliphatic carbocycles. The predicted octanol–water partition coefficient (Wildman–Crippen LogP) is 5.54. The molecule has 1 aromatic heterocycles. The minimum Gasteiger partial charge on any atom is -0.507 e. The first kappa shape index (κ1) is 18.7. The molecule has 0 spiro atoms. The number of phenols is 1. The molecule has 0 atom stereocenters. The second kappa shape index (κ2) is 8.54. The number of aromatic nitrogens is 2. The molecule has 142 valence electrons. The molecule has 0 aliphatic heterocycles. The topological polar surface area (TPSA) is 62.8 Å². The van der Waals surface area contributed by atoms with Crippen molar-refractivity contribution in [2.45, 2.75) is 0 Å². The first-order valence-corrected chi connectivity index (χ1v) is 9.34. The summed E-state index contributed by atoms with van der Waals surface area (Å²) < 4.78 is 1.60. The average molecular weight is 401 g/mol. The zero-order valence-corrected chi connectivity index (χ0v) is 16.1. The molecule has 0 saturated carbocycles. The molecule has 0 unspecified atom stereocenters. The average Bonchev–Trinajstić information content (AvgIpc) is 3.17. The van der Waals surface area contributed by atoms with Crippen LogP contribution in [-0.2, 0) is 0 Å². The standard InChI is InChI=1S/C23H17ClN4O/c24-20-11-12-22(29)19(13-20)15-25-23-27-21(18-9-5-2-6-10-18)16-28(23)26-14-17-7-3-1-4-8-17/h1-16,29H. The van der Waals surface area contributed by atoms with Crippen LogP contribution in [0.2, 0.25) is 5.02 Å². The quantitative estimate of drug-likeness (QED) is 0.447. The summed E-state index contributed by atoms with van der Waals surface area (Å²) >= 11 is 6.01. The number of aromatic hydroxyl groups is 1. The van der Waals surface area contributed by atoms with Crippen molar-refractivity contribution in [2.75, 3.05) is 0 Å². The summed E-state index contributed by atoms with van der Waals surface area (Å²) in [4.78, 5) is 9.03. The highest BCUT2D eigenvalue weighted by Gasteiger charge is 2.08. The summed E-state index contributed by atoms with van der Waals surface area (Å²) in [5.74, 6) is 0.475. The van der Waals surface area contributed by atoms with Gasteiger partial charge in [-0.1, -0.05) is 72.3 Å². The fraction of sp³-hybridized carbons (Fsp3) is 0. The van der Waals surface area contributed by atoms with Crippen LogP contribution in [0.3, 0.4) is 0 Å². The third-order valence-electron chi connectivity index (χ3n) is 4.18. The molecule has 0 fully saturated rings. The Kier molecular flexibility index (Phi) is 5.49. The smallest absolute Gasteiger partial charge is 0.251 e. The minimum atomic E-state index is 0.0901. The van der Waals surface area contributed by atoms with Crippen LogP contribution in [-0.4, -0.2) is 27.2 Å². The lowest BCUT2D eigenvalue weighted by atomic mass is 10.2. The highest BCUT2D eigenvalue weighted by molar-refractivity contribution is 6.30. The highest BCUT2D eigenvalue weighted by atomic mass is 35.5. The fourth-order valence-corrected chi connectivity index (χ4v) is 2.89. The molecule has 0 saturated heterocycles. The van der Waals surface area contributed by atoms with Gasteiger partial charge in [0.1, 0.15) is 5.75 Å². The highest BCUT2D eigenvalue weighted by Crippen LogP contribution is 2.24. The molecule has 1 heterocycles. The molecule has 3 aromatic carbocycles. The van der Waals surface area contributed by atoms with Crippen molar-refractivity contribution in [3.05, 3.63) is 101 Å². The summed E-state index contributed by atoms with van der Waals surface area (Å²) in [6, 6.07) is 24.4. The van der Waals surface area contributed by atoms with E-state index < -0.39 is 0 Å². The zero-order valence-electron chi connectivity index (χ0n) is 15.4. The molecule has 0 bridgehead atoms. The van der Waals surface area contributed by atoms with Gasteiger partial charge in [-0.25, -0.2) is 14.7 Å². The van der Waals surface area contributed by atoms with E-state index in [-0.39, 0.29) is 5.75 Å². The van der Waals surface area contributed by atoms with E-state index in [0.717, 1.165) is 16.8 Å². The Morgan fingerprint density at radius 3 is 2.38 bits per heavy atom. The van der Waals surface area contributed by atoms with Gasteiger partial charge in [0.2, 0.25) is 0 Å². The van der Waals surface area contributed by atoms with E-state index in [0.29, 0.717) is 16.5 Å². The van der Waals surface area contributed by atoms with Crippen molar-refractivity contribution in [1.82, 2.24) is 9.66 Å². The molecular weight excluding hydrogens is 384 g/mol. The van der Waals surface area contributed by atoms with Crippen molar-refractivity contribution in [3.8, 4) is 17.0 Å². The molecule has 4 aromatic rings. The van der Waals surface area contributed by atoms with Crippen molar-refractivity contribution in [2.24, 2.45) is 10.1 Å². The van der Waals surface area contributed by atoms with Crippen LogP contribution in [0.5, 0.6) is 5.75 Å². The molecule has 29 heavy (non-hydrogen) atoms. The lowest BCUT2D eigenvalue weighted by Crippen LogP contribution is -1.90. The van der Waals surface area contributed by atoms with Crippen molar-refractivity contribution >= 4 is 30.0 Å². The number of benzene rings is 3. The number of halogens is 1. The summed E-state index contributed by atoms with van der Waals surface area (Å²) in [6.07, 6.45) is 5.08. The van der Waals surface area contributed by atoms with E-state index in [1.807, 2.05) is 66.9 Å². The maximum Gasteiger partial charge on any atom is 0.251 e. The van der Waals surface area contributed by atoms with Crippen molar-refractivity contribution < 1.29 is 5.11 Å². The number of hydrogen-bond acceptors (Lipinski definition) is 4. The van der Waals surface area contributed by atoms with Crippen LogP contribution in [0.25, 0.3) is 11.3 Å². The van der Waals surface area contributed by atoms with Gasteiger partial charge in [0.15, 0.2) is 0 Å². The van der Waals surface area contributed by atoms with Gasteiger partial charge in [-0.05, 0) is 23.8 Å². The Bertz CT molecular complexity index is 1170. The third kappa shape index (κ3) is 4.59. The Labute approximate surface area is 173 Å². The van der Waals surface area contributed by atoms with Crippen LogP contribution >= 0.6 is 11.6 Å². The summed E-state index contributed by atoms with van der Waals surface area (Å²) in [7, 11) is 0. The second-order valence-electron chi connectivity index (χ2n) is 6.25. The van der Waals surface area contributed by atoms with Gasteiger partial charge in [-0.15, -0.1) is 0 Å². The Balaban J connectivity index is 1.72. The van der Waals surface area contributed by atoms with Gasteiger partial charge in [-0.3, -0.25) is 0 Å². The van der Waals surface area contributed by atoms with Crippen LogP contribution in [0.1, 0.15) is 11.1 Å². The zero-order chi connectivity index (χ0) is 20.1. The largest absolute Gasteiger partial charge is 0.507 e. The molecule has 0 aliphatic rings. The number of rotatable bonds is 5. The fourth-order valence-electron chi connectivity index (χ4n) is 2.71. The van der Waals surface area contributed by atoms with E-state index in [4.69, 9.17) is 11.6 Å². The Hall–Kier alpha value is -3.70. The van der Waals surface area contributed by atoms with E-state index >= 15 is 0 Å². The maximum absolute atomic E-state index is 10.0. The van der Waals surface area contributed by atoms with Gasteiger partial charge >= 0.3 is 0 Å². The second-order valence-corrected chi connectivity index (χ2v) is 6.69. The minimum absolute atomic E-state index is 0.0901. The SMILES string of the molecule is Oc1ccc(Cl)cc1C=Nc1nc(-c2ccccc2)cn1N=Cc1ccccc1. The molecular formula is C23H17ClN4O. The van der Waals surface area contributed by atoms with Gasteiger partial charge in [-0.2, -0.15) is 5.10 Å². The molecule has 6 heteroatoms. The van der Waals surface area contributed by atoms with E-state index in [2.05, 4.69) is 15.1 Å². The molecule has 4 rings (SSSR count). The van der Waals surface area contributed by atoms with Gasteiger partial charge in [0.25, 0.3) is 5.95 Å². The van der Waals surface area contributed by atoms with Gasteiger partial charge in [0.05, 0.1) is 18.1 Å². The first-order valence-electron chi connectivity index (χ1n) is 8.96. The monoisotopic (exact) mass is 400 g/mol. The van der Waals surface area contributed by atoms with Crippen molar-refractivity contribution in [3.63, 3.8) is 0 Å². The lowest BCUT2D eigenvalue weighted by Gasteiger charge is -1.99. The normalized spacial score (nSPS) is 11.5. The Morgan fingerprint density at radius 1 is 0.897 bits per heavy atom. The van der Waals surface area contributed by atoms with Gasteiger partial charge in [0, 0.05) is 22.4 Å². The number of phenolic OH excluding ortho intramolecular Hbond substituents is 1. The van der Waals surface area contributed by atoms with E-state index in [1.54, 1.807) is 23.0 Å². The first-order chi connectivity index (χ1) is 14.2. The summed E-state index contributed by atoms with van der Waals surface area (Å²) in [5, 5.41) is 15.0. The predicted molar refractivity (Wildman–Crippen MR) is 117 cm³/mol. The van der Waals surface area contributed by atoms with Crippen molar-refractivity contribution in [1.29, 1.82) is 0 Å². The van der Waals surface area contributed by atoms with Crippen LogP contribution in [0.15, 0.2) is 95.2 Å². The number of aliphatic imine (C=N–C) groups is 1. The third-order valence-corrected chi connectivity index (χ3v) is 4.41. The number of imidazole rings is 1. The molecule has 0 radical (unpaired) electrons. The molecule has 1 N–H and O–H groups in total. The lowest BCUT2D eigenvalue weighted by molar-refractivity contribution is 0.474. The summed E-state index contributed by atoms with van der Waals surface area (Å²) in [6.45, 7) is 0. The Morgan fingerprint density at radius 2 is 1.62 bits per heavy atom. The van der Waals surface area contributed by atoms with Crippen LogP contribution < -0.4 is 0 Å². The van der Waals surface area contributed by atoms with Gasteiger partial charge < -0.3 is 5.11 Å². The number of nitrogens with zero attached hydrogens (tertiary/aromatic N) is 4. The molecule has 5 nitrogen and oxygen atoms in total. The van der Waals surface area contributed by atoms with E-state index in [1.165, 1.54) is 12.3 Å². The van der Waals surface area contributed by atoms with Crippen LogP contribution in [0.4, 0.5) is 5.95 Å².